The molecule has 0 N–H and O–H groups in total. The molecule has 0 radical (unpaired) electrons. The van der Waals surface area contributed by atoms with Crippen LogP contribution < -0.4 is 9.80 Å². The number of fused-ring (bicyclic) bond motifs is 1. The van der Waals surface area contributed by atoms with Crippen molar-refractivity contribution in [2.45, 2.75) is 52.0 Å². The average molecular weight is 424 g/mol. The van der Waals surface area contributed by atoms with E-state index in [9.17, 15) is 0 Å². The number of benzene rings is 1. The van der Waals surface area contributed by atoms with Gasteiger partial charge in [0.15, 0.2) is 0 Å². The lowest BCUT2D eigenvalue weighted by Crippen LogP contribution is -2.50. The van der Waals surface area contributed by atoms with Gasteiger partial charge in [0, 0.05) is 19.6 Å². The fraction of sp³-hybridized carbons (Fsp3) is 0.545. The van der Waals surface area contributed by atoms with Crippen LogP contribution in [0.2, 0.25) is 0 Å². The molecule has 0 saturated carbocycles. The minimum Gasteiger partial charge on any atom is -0.375 e. The van der Waals surface area contributed by atoms with Crippen LogP contribution in [0.15, 0.2) is 30.6 Å². The number of hydrogen-bond donors (Lipinski definition) is 0. The SMILES string of the molecule is C[C@@H]1CN(c2nc(N3CCO[C@H](C)[C@@H]3C)nc(-n3cnc4ccccc43)n2)C[C@H](C)O1. The third-order valence-electron chi connectivity index (χ3n) is 6.11. The summed E-state index contributed by atoms with van der Waals surface area (Å²) < 4.78 is 13.7. The highest BCUT2D eigenvalue weighted by Crippen LogP contribution is 2.25. The van der Waals surface area contributed by atoms with Crippen LogP contribution in [0.5, 0.6) is 0 Å². The molecule has 2 aliphatic heterocycles. The molecule has 2 saturated heterocycles. The molecule has 0 aliphatic carbocycles. The molecule has 4 heterocycles. The van der Waals surface area contributed by atoms with Gasteiger partial charge in [-0.15, -0.1) is 0 Å². The Bertz CT molecular complexity index is 1060. The number of aromatic nitrogens is 5. The van der Waals surface area contributed by atoms with E-state index in [1.165, 1.54) is 0 Å². The molecule has 0 spiro atoms. The predicted molar refractivity (Wildman–Crippen MR) is 119 cm³/mol. The maximum Gasteiger partial charge on any atom is 0.242 e. The van der Waals surface area contributed by atoms with Crippen LogP contribution in [0.1, 0.15) is 27.7 Å². The third-order valence-corrected chi connectivity index (χ3v) is 6.11. The predicted octanol–water partition coefficient (Wildman–Crippen LogP) is 2.44. The number of imidazole rings is 1. The van der Waals surface area contributed by atoms with Crippen LogP contribution in [0, 0.1) is 0 Å². The highest BCUT2D eigenvalue weighted by Gasteiger charge is 2.30. The minimum absolute atomic E-state index is 0.106. The Morgan fingerprint density at radius 2 is 1.61 bits per heavy atom. The van der Waals surface area contributed by atoms with Crippen LogP contribution in [-0.4, -0.2) is 75.1 Å². The van der Waals surface area contributed by atoms with Gasteiger partial charge in [-0.1, -0.05) is 12.1 Å². The molecule has 5 rings (SSSR count). The fourth-order valence-corrected chi connectivity index (χ4v) is 4.40. The largest absolute Gasteiger partial charge is 0.375 e. The first-order chi connectivity index (χ1) is 15.0. The van der Waals surface area contributed by atoms with E-state index in [2.05, 4.69) is 42.5 Å². The summed E-state index contributed by atoms with van der Waals surface area (Å²) in [5.74, 6) is 1.92. The molecule has 164 valence electrons. The van der Waals surface area contributed by atoms with Crippen molar-refractivity contribution >= 4 is 22.9 Å². The smallest absolute Gasteiger partial charge is 0.242 e. The number of nitrogens with zero attached hydrogens (tertiary/aromatic N) is 7. The van der Waals surface area contributed by atoms with Crippen molar-refractivity contribution in [1.82, 2.24) is 24.5 Å². The Morgan fingerprint density at radius 3 is 2.42 bits per heavy atom. The second-order valence-corrected chi connectivity index (χ2v) is 8.51. The summed E-state index contributed by atoms with van der Waals surface area (Å²) in [5, 5.41) is 0. The lowest BCUT2D eigenvalue weighted by atomic mass is 10.1. The monoisotopic (exact) mass is 423 g/mol. The second kappa shape index (κ2) is 8.05. The van der Waals surface area contributed by atoms with Crippen molar-refractivity contribution in [3.8, 4) is 5.95 Å². The maximum atomic E-state index is 5.92. The quantitative estimate of drug-likeness (QED) is 0.635. The molecular formula is C22H29N7O2. The molecule has 4 atom stereocenters. The van der Waals surface area contributed by atoms with E-state index in [4.69, 9.17) is 24.4 Å². The number of hydrogen-bond acceptors (Lipinski definition) is 8. The summed E-state index contributed by atoms with van der Waals surface area (Å²) in [6.07, 6.45) is 2.12. The van der Waals surface area contributed by atoms with Gasteiger partial charge in [-0.2, -0.15) is 15.0 Å². The molecule has 3 aromatic rings. The first-order valence-electron chi connectivity index (χ1n) is 11.0. The van der Waals surface area contributed by atoms with Crippen LogP contribution in [0.25, 0.3) is 17.0 Å². The lowest BCUT2D eigenvalue weighted by molar-refractivity contribution is -0.00574. The standard InChI is InChI=1S/C22H29N7O2/c1-14-11-27(12-15(2)31-14)20-24-21(28-9-10-30-17(4)16(28)3)26-22(25-20)29-13-23-18-7-5-6-8-19(18)29/h5-8,13-17H,9-12H2,1-4H3/t14-,15+,16-,17+/m0/s1. The van der Waals surface area contributed by atoms with E-state index in [0.29, 0.717) is 24.5 Å². The van der Waals surface area contributed by atoms with Gasteiger partial charge < -0.3 is 19.3 Å². The summed E-state index contributed by atoms with van der Waals surface area (Å²) in [4.78, 5) is 23.6. The lowest BCUT2D eigenvalue weighted by Gasteiger charge is -2.39. The topological polar surface area (TPSA) is 81.4 Å². The summed E-state index contributed by atoms with van der Waals surface area (Å²) in [6.45, 7) is 11.3. The summed E-state index contributed by atoms with van der Waals surface area (Å²) in [6, 6.07) is 8.17. The zero-order valence-corrected chi connectivity index (χ0v) is 18.5. The van der Waals surface area contributed by atoms with Gasteiger partial charge in [0.2, 0.25) is 17.8 Å². The van der Waals surface area contributed by atoms with Crippen molar-refractivity contribution in [1.29, 1.82) is 0 Å². The molecule has 9 nitrogen and oxygen atoms in total. The van der Waals surface area contributed by atoms with Crippen LogP contribution >= 0.6 is 0 Å². The number of ether oxygens (including phenoxy) is 2. The highest BCUT2D eigenvalue weighted by atomic mass is 16.5. The Hall–Kier alpha value is -2.78. The first-order valence-corrected chi connectivity index (χ1v) is 11.0. The van der Waals surface area contributed by atoms with Crippen molar-refractivity contribution in [2.24, 2.45) is 0 Å². The maximum absolute atomic E-state index is 5.92. The summed E-state index contributed by atoms with van der Waals surface area (Å²) >= 11 is 0. The van der Waals surface area contributed by atoms with Crippen molar-refractivity contribution < 1.29 is 9.47 Å². The molecule has 2 aromatic heterocycles. The zero-order valence-electron chi connectivity index (χ0n) is 18.5. The number of para-hydroxylation sites is 2. The van der Waals surface area contributed by atoms with E-state index in [1.807, 2.05) is 28.8 Å². The van der Waals surface area contributed by atoms with Crippen LogP contribution in [0.3, 0.4) is 0 Å². The Morgan fingerprint density at radius 1 is 0.903 bits per heavy atom. The van der Waals surface area contributed by atoms with Gasteiger partial charge in [-0.25, -0.2) is 4.98 Å². The van der Waals surface area contributed by atoms with E-state index >= 15 is 0 Å². The van der Waals surface area contributed by atoms with Gasteiger partial charge in [-0.3, -0.25) is 4.57 Å². The van der Waals surface area contributed by atoms with Crippen LogP contribution in [0.4, 0.5) is 11.9 Å². The molecule has 0 amide bonds. The van der Waals surface area contributed by atoms with E-state index in [0.717, 1.165) is 30.7 Å². The second-order valence-electron chi connectivity index (χ2n) is 8.51. The zero-order chi connectivity index (χ0) is 21.5. The Balaban J connectivity index is 1.62. The number of rotatable bonds is 3. The van der Waals surface area contributed by atoms with E-state index in [1.54, 1.807) is 6.33 Å². The minimum atomic E-state index is 0.106. The molecule has 2 fully saturated rings. The third kappa shape index (κ3) is 3.83. The Labute approximate surface area is 182 Å². The molecule has 0 bridgehead atoms. The Kier molecular flexibility index (Phi) is 5.23. The molecule has 2 aliphatic rings. The van der Waals surface area contributed by atoms with Gasteiger partial charge in [0.1, 0.15) is 6.33 Å². The van der Waals surface area contributed by atoms with Crippen molar-refractivity contribution in [2.75, 3.05) is 36.0 Å². The van der Waals surface area contributed by atoms with Gasteiger partial charge in [0.05, 0.1) is 42.0 Å². The summed E-state index contributed by atoms with van der Waals surface area (Å²) in [7, 11) is 0. The first kappa shape index (κ1) is 20.1. The van der Waals surface area contributed by atoms with Crippen molar-refractivity contribution in [3.05, 3.63) is 30.6 Å². The molecule has 31 heavy (non-hydrogen) atoms. The van der Waals surface area contributed by atoms with Crippen LogP contribution in [-0.2, 0) is 9.47 Å². The van der Waals surface area contributed by atoms with Gasteiger partial charge in [-0.05, 0) is 39.8 Å². The van der Waals surface area contributed by atoms with E-state index in [-0.39, 0.29) is 24.4 Å². The van der Waals surface area contributed by atoms with Crippen molar-refractivity contribution in [3.63, 3.8) is 0 Å². The molecule has 9 heteroatoms. The average Bonchev–Trinajstić information content (AvgIpc) is 3.19. The normalized spacial score (nSPS) is 27.1. The van der Waals surface area contributed by atoms with E-state index < -0.39 is 0 Å². The van der Waals surface area contributed by atoms with Gasteiger partial charge in [0.25, 0.3) is 0 Å². The number of morpholine rings is 2. The highest BCUT2D eigenvalue weighted by molar-refractivity contribution is 5.76. The number of anilines is 2. The summed E-state index contributed by atoms with van der Waals surface area (Å²) in [5.41, 5.74) is 1.88. The fourth-order valence-electron chi connectivity index (χ4n) is 4.40. The molecule has 1 aromatic carbocycles. The molecular weight excluding hydrogens is 394 g/mol. The van der Waals surface area contributed by atoms with Gasteiger partial charge >= 0.3 is 0 Å². The molecule has 0 unspecified atom stereocenters.